The van der Waals surface area contributed by atoms with E-state index in [1.54, 1.807) is 13.0 Å². The highest BCUT2D eigenvalue weighted by atomic mass is 19.4. The minimum atomic E-state index is -4.36. The third kappa shape index (κ3) is 2.25. The van der Waals surface area contributed by atoms with Crippen LogP contribution in [0.1, 0.15) is 11.3 Å². The van der Waals surface area contributed by atoms with Crippen LogP contribution in [0, 0.1) is 6.92 Å². The van der Waals surface area contributed by atoms with Gasteiger partial charge in [0, 0.05) is 11.3 Å². The number of imidazole rings is 1. The summed E-state index contributed by atoms with van der Waals surface area (Å²) < 4.78 is 37.6. The number of halogens is 3. The molecule has 0 saturated heterocycles. The van der Waals surface area contributed by atoms with Gasteiger partial charge in [-0.15, -0.1) is 0 Å². The number of aryl methyl sites for hydroxylation is 1. The van der Waals surface area contributed by atoms with Gasteiger partial charge in [-0.3, -0.25) is 0 Å². The second-order valence-electron chi connectivity index (χ2n) is 3.67. The molecule has 0 bridgehead atoms. The lowest BCUT2D eigenvalue weighted by atomic mass is 10.1. The number of aromatic amines is 1. The average Bonchev–Trinajstić information content (AvgIpc) is 2.57. The predicted octanol–water partition coefficient (Wildman–Crippen LogP) is 2.99. The Morgan fingerprint density at radius 1 is 1.29 bits per heavy atom. The highest BCUT2D eigenvalue weighted by Gasteiger charge is 2.30. The van der Waals surface area contributed by atoms with Crippen LogP contribution in [0.3, 0.4) is 0 Å². The number of alkyl halides is 3. The summed E-state index contributed by atoms with van der Waals surface area (Å²) in [4.78, 5) is 6.71. The van der Waals surface area contributed by atoms with E-state index in [-0.39, 0.29) is 5.95 Å². The molecule has 0 atom stereocenters. The highest BCUT2D eigenvalue weighted by molar-refractivity contribution is 5.64. The van der Waals surface area contributed by atoms with Crippen LogP contribution in [0.25, 0.3) is 11.3 Å². The Bertz CT molecular complexity index is 543. The van der Waals surface area contributed by atoms with Gasteiger partial charge in [-0.25, -0.2) is 4.98 Å². The summed E-state index contributed by atoms with van der Waals surface area (Å²) in [7, 11) is 0. The summed E-state index contributed by atoms with van der Waals surface area (Å²) in [5.41, 5.74) is 6.23. The first-order chi connectivity index (χ1) is 7.88. The number of aromatic nitrogens is 2. The Kier molecular flexibility index (Phi) is 2.57. The average molecular weight is 241 g/mol. The third-order valence-corrected chi connectivity index (χ3v) is 2.37. The van der Waals surface area contributed by atoms with Gasteiger partial charge in [0.05, 0.1) is 11.3 Å². The molecule has 0 spiro atoms. The largest absolute Gasteiger partial charge is 0.416 e. The number of hydrogen-bond donors (Lipinski definition) is 2. The monoisotopic (exact) mass is 241 g/mol. The number of anilines is 1. The molecule has 2 aromatic rings. The number of nitrogens with zero attached hydrogens (tertiary/aromatic N) is 1. The molecule has 1 heterocycles. The zero-order valence-electron chi connectivity index (χ0n) is 8.97. The molecule has 0 amide bonds. The first-order valence-corrected chi connectivity index (χ1v) is 4.87. The number of nitrogens with two attached hydrogens (primary N) is 1. The van der Waals surface area contributed by atoms with Crippen molar-refractivity contribution in [1.82, 2.24) is 9.97 Å². The second-order valence-corrected chi connectivity index (χ2v) is 3.67. The van der Waals surface area contributed by atoms with Gasteiger partial charge in [0.1, 0.15) is 0 Å². The van der Waals surface area contributed by atoms with Gasteiger partial charge in [0.2, 0.25) is 0 Å². The zero-order valence-corrected chi connectivity index (χ0v) is 8.97. The number of nitrogens with one attached hydrogen (secondary N) is 1. The molecule has 1 aromatic carbocycles. The molecule has 17 heavy (non-hydrogen) atoms. The van der Waals surface area contributed by atoms with Gasteiger partial charge < -0.3 is 10.7 Å². The molecule has 3 N–H and O–H groups in total. The van der Waals surface area contributed by atoms with E-state index in [2.05, 4.69) is 9.97 Å². The number of benzene rings is 1. The third-order valence-electron chi connectivity index (χ3n) is 2.37. The van der Waals surface area contributed by atoms with Crippen molar-refractivity contribution in [3.63, 3.8) is 0 Å². The highest BCUT2D eigenvalue weighted by Crippen LogP contribution is 2.32. The number of nitrogen functional groups attached to an aromatic ring is 1. The Hall–Kier alpha value is -1.98. The lowest BCUT2D eigenvalue weighted by Crippen LogP contribution is -2.04. The molecule has 0 aliphatic carbocycles. The van der Waals surface area contributed by atoms with Gasteiger partial charge in [0.25, 0.3) is 0 Å². The van der Waals surface area contributed by atoms with E-state index in [1.807, 2.05) is 0 Å². The molecule has 90 valence electrons. The van der Waals surface area contributed by atoms with Gasteiger partial charge >= 0.3 is 6.18 Å². The summed E-state index contributed by atoms with van der Waals surface area (Å²) in [5.74, 6) is 0.190. The smallest absolute Gasteiger partial charge is 0.369 e. The molecule has 0 aliphatic heterocycles. The fourth-order valence-electron chi connectivity index (χ4n) is 1.61. The van der Waals surface area contributed by atoms with Crippen LogP contribution in [0.2, 0.25) is 0 Å². The van der Waals surface area contributed by atoms with Crippen molar-refractivity contribution in [1.29, 1.82) is 0 Å². The lowest BCUT2D eigenvalue weighted by Gasteiger charge is -2.07. The van der Waals surface area contributed by atoms with Crippen LogP contribution in [0.4, 0.5) is 19.1 Å². The van der Waals surface area contributed by atoms with Crippen LogP contribution < -0.4 is 5.73 Å². The van der Waals surface area contributed by atoms with Crippen LogP contribution >= 0.6 is 0 Å². The van der Waals surface area contributed by atoms with E-state index >= 15 is 0 Å². The van der Waals surface area contributed by atoms with E-state index in [0.717, 1.165) is 12.1 Å². The van der Waals surface area contributed by atoms with Crippen molar-refractivity contribution >= 4 is 5.95 Å². The topological polar surface area (TPSA) is 54.7 Å². The van der Waals surface area contributed by atoms with Crippen molar-refractivity contribution in [2.45, 2.75) is 13.1 Å². The van der Waals surface area contributed by atoms with Crippen molar-refractivity contribution < 1.29 is 13.2 Å². The van der Waals surface area contributed by atoms with E-state index < -0.39 is 11.7 Å². The first kappa shape index (κ1) is 11.5. The van der Waals surface area contributed by atoms with Gasteiger partial charge in [-0.1, -0.05) is 12.1 Å². The molecule has 0 aliphatic rings. The maximum absolute atomic E-state index is 12.5. The fourth-order valence-corrected chi connectivity index (χ4v) is 1.61. The maximum Gasteiger partial charge on any atom is 0.416 e. The van der Waals surface area contributed by atoms with Crippen molar-refractivity contribution in [3.05, 3.63) is 35.5 Å². The molecular formula is C11H10F3N3. The summed E-state index contributed by atoms with van der Waals surface area (Å²) in [6, 6.07) is 5.00. The molecule has 0 radical (unpaired) electrons. The summed E-state index contributed by atoms with van der Waals surface area (Å²) in [6.07, 6.45) is -4.36. The fraction of sp³-hybridized carbons (Fsp3) is 0.182. The SMILES string of the molecule is Cc1[nH]c(N)nc1-c1cccc(C(F)(F)F)c1. The number of H-pyrrole nitrogens is 1. The van der Waals surface area contributed by atoms with Crippen molar-refractivity contribution in [2.75, 3.05) is 5.73 Å². The van der Waals surface area contributed by atoms with Crippen molar-refractivity contribution in [2.24, 2.45) is 0 Å². The van der Waals surface area contributed by atoms with E-state index in [1.165, 1.54) is 6.07 Å². The summed E-state index contributed by atoms with van der Waals surface area (Å²) >= 11 is 0. The first-order valence-electron chi connectivity index (χ1n) is 4.87. The molecule has 0 saturated carbocycles. The summed E-state index contributed by atoms with van der Waals surface area (Å²) in [6.45, 7) is 1.71. The Labute approximate surface area is 95.5 Å². The molecular weight excluding hydrogens is 231 g/mol. The zero-order chi connectivity index (χ0) is 12.6. The minimum absolute atomic E-state index is 0.190. The predicted molar refractivity (Wildman–Crippen MR) is 58.2 cm³/mol. The van der Waals surface area contributed by atoms with E-state index in [4.69, 9.17) is 5.73 Å². The lowest BCUT2D eigenvalue weighted by molar-refractivity contribution is -0.137. The Balaban J connectivity index is 2.50. The maximum atomic E-state index is 12.5. The van der Waals surface area contributed by atoms with Gasteiger partial charge in [-0.05, 0) is 19.1 Å². The molecule has 0 fully saturated rings. The number of rotatable bonds is 1. The van der Waals surface area contributed by atoms with E-state index in [0.29, 0.717) is 17.0 Å². The standard InChI is InChI=1S/C11H10F3N3/c1-6-9(17-10(15)16-6)7-3-2-4-8(5-7)11(12,13)14/h2-5H,1H3,(H3,15,16,17). The van der Waals surface area contributed by atoms with Crippen LogP contribution in [0.5, 0.6) is 0 Å². The van der Waals surface area contributed by atoms with Gasteiger partial charge in [-0.2, -0.15) is 13.2 Å². The quantitative estimate of drug-likeness (QED) is 0.806. The Morgan fingerprint density at radius 2 is 2.00 bits per heavy atom. The molecule has 6 heteroatoms. The molecule has 3 nitrogen and oxygen atoms in total. The number of hydrogen-bond acceptors (Lipinski definition) is 2. The van der Waals surface area contributed by atoms with Crippen LogP contribution in [0.15, 0.2) is 24.3 Å². The normalized spacial score (nSPS) is 11.8. The Morgan fingerprint density at radius 3 is 2.53 bits per heavy atom. The summed E-state index contributed by atoms with van der Waals surface area (Å²) in [5, 5.41) is 0. The molecule has 2 rings (SSSR count). The van der Waals surface area contributed by atoms with Crippen LogP contribution in [-0.2, 0) is 6.18 Å². The van der Waals surface area contributed by atoms with Crippen LogP contribution in [-0.4, -0.2) is 9.97 Å². The van der Waals surface area contributed by atoms with E-state index in [9.17, 15) is 13.2 Å². The molecule has 0 unspecified atom stereocenters. The van der Waals surface area contributed by atoms with Crippen molar-refractivity contribution in [3.8, 4) is 11.3 Å². The van der Waals surface area contributed by atoms with Gasteiger partial charge in [0.15, 0.2) is 5.95 Å². The minimum Gasteiger partial charge on any atom is -0.369 e. The second kappa shape index (κ2) is 3.80. The molecule has 1 aromatic heterocycles.